The van der Waals surface area contributed by atoms with Crippen molar-refractivity contribution in [3.8, 4) is 0 Å². The standard InChI is InChI=1S/C17H27FN3O8PS/c1-10(22)14-12(18)8-21(19-14)16-17(3,25)15(24)13(29-16)9-28-30(26,20(4)5)27-6-7-31-11(2)23/h8,13,15-16,24-25H,6-7,9H2,1-5H3/t13-,15+,16-,17?,30?/m1/s1. The predicted octanol–water partition coefficient (Wildman–Crippen LogP) is 1.22. The minimum absolute atomic E-state index is 0.0193. The minimum Gasteiger partial charge on any atom is -0.387 e. The number of ether oxygens (including phenoxy) is 1. The summed E-state index contributed by atoms with van der Waals surface area (Å²) in [6.45, 7) is 3.36. The Bertz CT molecular complexity index is 864. The molecule has 0 amide bonds. The summed E-state index contributed by atoms with van der Waals surface area (Å²) in [5, 5.41) is 24.9. The number of thioether (sulfide) groups is 1. The molecule has 0 aliphatic carbocycles. The van der Waals surface area contributed by atoms with E-state index in [2.05, 4.69) is 5.10 Å². The monoisotopic (exact) mass is 483 g/mol. The van der Waals surface area contributed by atoms with Crippen LogP contribution >= 0.6 is 19.5 Å². The van der Waals surface area contributed by atoms with Gasteiger partial charge in [-0.25, -0.2) is 18.3 Å². The third-order valence-electron chi connectivity index (χ3n) is 4.55. The van der Waals surface area contributed by atoms with Crippen LogP contribution in [0.3, 0.4) is 0 Å². The van der Waals surface area contributed by atoms with Crippen molar-refractivity contribution in [3.05, 3.63) is 17.7 Å². The Morgan fingerprint density at radius 2 is 2.06 bits per heavy atom. The largest absolute Gasteiger partial charge is 0.407 e. The molecular formula is C17H27FN3O8PS. The number of halogens is 1. The molecule has 1 aliphatic heterocycles. The van der Waals surface area contributed by atoms with Gasteiger partial charge in [0, 0.05) is 19.6 Å². The average Bonchev–Trinajstić information content (AvgIpc) is 3.15. The van der Waals surface area contributed by atoms with Crippen LogP contribution in [0.25, 0.3) is 0 Å². The maximum atomic E-state index is 13.9. The van der Waals surface area contributed by atoms with Crippen molar-refractivity contribution in [3.63, 3.8) is 0 Å². The molecule has 2 rings (SSSR count). The zero-order valence-electron chi connectivity index (χ0n) is 17.8. The molecule has 1 fully saturated rings. The van der Waals surface area contributed by atoms with Gasteiger partial charge < -0.3 is 14.9 Å². The van der Waals surface area contributed by atoms with Crippen LogP contribution in [-0.2, 0) is 23.1 Å². The Morgan fingerprint density at radius 3 is 2.58 bits per heavy atom. The molecule has 2 N–H and O–H groups in total. The zero-order chi connectivity index (χ0) is 23.6. The van der Waals surface area contributed by atoms with E-state index in [0.717, 1.165) is 29.6 Å². The van der Waals surface area contributed by atoms with Gasteiger partial charge in [0.15, 0.2) is 28.6 Å². The number of carbonyl (C=O) groups excluding carboxylic acids is 2. The van der Waals surface area contributed by atoms with Crippen LogP contribution in [0, 0.1) is 5.82 Å². The zero-order valence-corrected chi connectivity index (χ0v) is 19.6. The molecule has 11 nitrogen and oxygen atoms in total. The molecule has 31 heavy (non-hydrogen) atoms. The maximum absolute atomic E-state index is 13.9. The lowest BCUT2D eigenvalue weighted by molar-refractivity contribution is -0.109. The van der Waals surface area contributed by atoms with Crippen LogP contribution < -0.4 is 0 Å². The first-order valence-corrected chi connectivity index (χ1v) is 11.8. The fraction of sp³-hybridized carbons (Fsp3) is 0.706. The SMILES string of the molecule is CC(=O)SCCOP(=O)(OC[C@H]1O[C@@H](n2cc(F)c(C(C)=O)n2)C(C)(O)[C@H]1O)N(C)C. The molecule has 1 aromatic rings. The topological polar surface area (TPSA) is 140 Å². The van der Waals surface area contributed by atoms with Gasteiger partial charge in [0.25, 0.3) is 0 Å². The summed E-state index contributed by atoms with van der Waals surface area (Å²) in [4.78, 5) is 22.4. The van der Waals surface area contributed by atoms with Crippen LogP contribution in [0.4, 0.5) is 4.39 Å². The number of hydrogen-bond acceptors (Lipinski definition) is 10. The van der Waals surface area contributed by atoms with Crippen LogP contribution in [0.5, 0.6) is 0 Å². The van der Waals surface area contributed by atoms with E-state index in [0.29, 0.717) is 0 Å². The Hall–Kier alpha value is -1.18. The average molecular weight is 483 g/mol. The van der Waals surface area contributed by atoms with Gasteiger partial charge in [-0.05, 0) is 21.0 Å². The molecule has 0 saturated carbocycles. The molecular weight excluding hydrogens is 456 g/mol. The van der Waals surface area contributed by atoms with Crippen LogP contribution in [0.1, 0.15) is 37.5 Å². The molecule has 5 atom stereocenters. The normalized spacial score (nSPS) is 28.1. The van der Waals surface area contributed by atoms with Gasteiger partial charge in [-0.15, -0.1) is 0 Å². The molecule has 0 aromatic carbocycles. The van der Waals surface area contributed by atoms with Gasteiger partial charge in [-0.3, -0.25) is 18.6 Å². The highest BCUT2D eigenvalue weighted by atomic mass is 32.2. The van der Waals surface area contributed by atoms with Crippen LogP contribution in [-0.4, -0.2) is 86.4 Å². The van der Waals surface area contributed by atoms with E-state index in [1.165, 1.54) is 32.6 Å². The molecule has 0 radical (unpaired) electrons. The van der Waals surface area contributed by atoms with E-state index < -0.39 is 55.7 Å². The first-order chi connectivity index (χ1) is 14.3. The lowest BCUT2D eigenvalue weighted by Gasteiger charge is -2.27. The fourth-order valence-corrected chi connectivity index (χ4v) is 4.63. The van der Waals surface area contributed by atoms with Crippen molar-refractivity contribution in [2.24, 2.45) is 0 Å². The van der Waals surface area contributed by atoms with E-state index in [4.69, 9.17) is 13.8 Å². The summed E-state index contributed by atoms with van der Waals surface area (Å²) in [7, 11) is -0.828. The lowest BCUT2D eigenvalue weighted by atomic mass is 9.97. The summed E-state index contributed by atoms with van der Waals surface area (Å²) >= 11 is 1.01. The number of carbonyl (C=O) groups is 2. The van der Waals surface area contributed by atoms with Crippen molar-refractivity contribution >= 4 is 30.4 Å². The molecule has 14 heteroatoms. The van der Waals surface area contributed by atoms with Crippen molar-refractivity contribution in [2.45, 2.75) is 44.8 Å². The second-order valence-electron chi connectivity index (χ2n) is 7.34. The Labute approximate surface area is 183 Å². The van der Waals surface area contributed by atoms with E-state index in [1.807, 2.05) is 0 Å². The summed E-state index contributed by atoms with van der Waals surface area (Å²) in [5.74, 6) is -1.23. The Kier molecular flexibility index (Phi) is 8.56. The molecule has 1 aliphatic rings. The molecule has 2 unspecified atom stereocenters. The molecule has 0 spiro atoms. The first-order valence-electron chi connectivity index (χ1n) is 9.31. The smallest absolute Gasteiger partial charge is 0.387 e. The highest BCUT2D eigenvalue weighted by molar-refractivity contribution is 8.13. The van der Waals surface area contributed by atoms with Crippen LogP contribution in [0.2, 0.25) is 0 Å². The second kappa shape index (κ2) is 10.2. The summed E-state index contributed by atoms with van der Waals surface area (Å²) < 4.78 is 45.4. The van der Waals surface area contributed by atoms with E-state index in [1.54, 1.807) is 0 Å². The van der Waals surface area contributed by atoms with Crippen molar-refractivity contribution < 1.29 is 42.5 Å². The highest BCUT2D eigenvalue weighted by Crippen LogP contribution is 2.51. The first kappa shape index (κ1) is 26.1. The predicted molar refractivity (Wildman–Crippen MR) is 109 cm³/mol. The Balaban J connectivity index is 2.09. The number of aliphatic hydroxyl groups excluding tert-OH is 1. The van der Waals surface area contributed by atoms with E-state index in [-0.39, 0.29) is 17.5 Å². The number of Topliss-reactive ketones (excluding diaryl/α,β-unsaturated/α-hetero) is 1. The van der Waals surface area contributed by atoms with Gasteiger partial charge in [0.05, 0.1) is 19.4 Å². The number of rotatable bonds is 10. The number of nitrogens with zero attached hydrogens (tertiary/aromatic N) is 3. The lowest BCUT2D eigenvalue weighted by Crippen LogP contribution is -2.44. The quantitative estimate of drug-likeness (QED) is 0.282. The van der Waals surface area contributed by atoms with Crippen LogP contribution in [0.15, 0.2) is 6.20 Å². The minimum atomic E-state index is -3.77. The van der Waals surface area contributed by atoms with E-state index in [9.17, 15) is 28.8 Å². The molecule has 2 heterocycles. The van der Waals surface area contributed by atoms with Crippen molar-refractivity contribution in [2.75, 3.05) is 33.1 Å². The molecule has 1 aromatic heterocycles. The second-order valence-corrected chi connectivity index (χ2v) is 10.9. The van der Waals surface area contributed by atoms with Gasteiger partial charge >= 0.3 is 7.75 Å². The number of ketones is 1. The Morgan fingerprint density at radius 1 is 1.42 bits per heavy atom. The van der Waals surface area contributed by atoms with Crippen molar-refractivity contribution in [1.82, 2.24) is 14.5 Å². The number of aliphatic hydroxyl groups is 2. The molecule has 0 bridgehead atoms. The van der Waals surface area contributed by atoms with Gasteiger partial charge in [-0.1, -0.05) is 11.8 Å². The fourth-order valence-electron chi connectivity index (χ4n) is 2.86. The third-order valence-corrected chi connectivity index (χ3v) is 7.29. The van der Waals surface area contributed by atoms with Gasteiger partial charge in [0.2, 0.25) is 0 Å². The van der Waals surface area contributed by atoms with E-state index >= 15 is 0 Å². The van der Waals surface area contributed by atoms with Gasteiger partial charge in [-0.2, -0.15) is 5.10 Å². The number of hydrogen-bond donors (Lipinski definition) is 2. The summed E-state index contributed by atoms with van der Waals surface area (Å²) in [6, 6.07) is 0. The van der Waals surface area contributed by atoms with Crippen molar-refractivity contribution in [1.29, 1.82) is 0 Å². The highest BCUT2D eigenvalue weighted by Gasteiger charge is 2.54. The summed E-state index contributed by atoms with van der Waals surface area (Å²) in [6.07, 6.45) is -3.11. The van der Waals surface area contributed by atoms with Gasteiger partial charge in [0.1, 0.15) is 17.8 Å². The molecule has 176 valence electrons. The summed E-state index contributed by atoms with van der Waals surface area (Å²) in [5.41, 5.74) is -2.34. The number of aromatic nitrogens is 2. The third kappa shape index (κ3) is 5.99. The maximum Gasteiger partial charge on any atom is 0.407 e. The molecule has 1 saturated heterocycles.